The molecule has 0 bridgehead atoms. The number of nitrogens with one attached hydrogen (secondary N) is 1. The number of esters is 1. The van der Waals surface area contributed by atoms with Gasteiger partial charge in [-0.15, -0.1) is 0 Å². The molecule has 1 N–H and O–H groups in total. The third-order valence-corrected chi connectivity index (χ3v) is 6.61. The summed E-state index contributed by atoms with van der Waals surface area (Å²) in [5.41, 5.74) is 2.55. The number of carbonyl (C=O) groups is 2. The highest BCUT2D eigenvalue weighted by Gasteiger charge is 2.37. The number of thioether (sulfide) groups is 1. The highest BCUT2D eigenvalue weighted by atomic mass is 79.9. The van der Waals surface area contributed by atoms with Crippen molar-refractivity contribution in [1.82, 2.24) is 4.90 Å². The SMILES string of the molecule is CCOC(=O)C1=C(C)N=C2SC=CN2[C@H]1c1ccc(OCC(=O)Nc2ccc(Br)cc2)c(OC)c1. The number of nitrogens with zero attached hydrogens (tertiary/aromatic N) is 2. The van der Waals surface area contributed by atoms with E-state index in [2.05, 4.69) is 26.2 Å². The third-order valence-electron chi connectivity index (χ3n) is 5.31. The van der Waals surface area contributed by atoms with E-state index in [9.17, 15) is 9.59 Å². The number of methoxy groups -OCH3 is 1. The van der Waals surface area contributed by atoms with Gasteiger partial charge < -0.3 is 24.4 Å². The maximum Gasteiger partial charge on any atom is 0.338 e. The van der Waals surface area contributed by atoms with Crippen molar-refractivity contribution in [2.24, 2.45) is 4.99 Å². The summed E-state index contributed by atoms with van der Waals surface area (Å²) in [5.74, 6) is 0.150. The van der Waals surface area contributed by atoms with Crippen LogP contribution < -0.4 is 14.8 Å². The second-order valence-electron chi connectivity index (χ2n) is 7.58. The summed E-state index contributed by atoms with van der Waals surface area (Å²) >= 11 is 4.85. The lowest BCUT2D eigenvalue weighted by Crippen LogP contribution is -2.34. The number of benzene rings is 2. The summed E-state index contributed by atoms with van der Waals surface area (Å²) in [7, 11) is 1.53. The number of ether oxygens (including phenoxy) is 3. The summed E-state index contributed by atoms with van der Waals surface area (Å²) in [5, 5.41) is 5.49. The molecule has 0 saturated heterocycles. The van der Waals surface area contributed by atoms with Gasteiger partial charge in [0, 0.05) is 16.4 Å². The van der Waals surface area contributed by atoms with Gasteiger partial charge in [-0.25, -0.2) is 9.79 Å². The standard InChI is InChI=1S/C25H24BrN3O5S/c1-4-33-24(31)22-15(2)27-25-29(11-12-35-25)23(22)16-5-10-19(20(13-16)32-3)34-14-21(30)28-18-8-6-17(26)7-9-18/h5-13,23H,4,14H2,1-3H3,(H,28,30)/t23-/m0/s1. The van der Waals surface area contributed by atoms with Gasteiger partial charge in [-0.3, -0.25) is 4.79 Å². The van der Waals surface area contributed by atoms with Crippen LogP contribution >= 0.6 is 27.7 Å². The van der Waals surface area contributed by atoms with Gasteiger partial charge in [-0.2, -0.15) is 0 Å². The molecule has 182 valence electrons. The Morgan fingerprint density at radius 1 is 1.17 bits per heavy atom. The van der Waals surface area contributed by atoms with Crippen LogP contribution in [0.3, 0.4) is 0 Å². The second-order valence-corrected chi connectivity index (χ2v) is 9.37. The van der Waals surface area contributed by atoms with Crippen molar-refractivity contribution in [3.63, 3.8) is 0 Å². The van der Waals surface area contributed by atoms with Gasteiger partial charge in [0.1, 0.15) is 0 Å². The predicted molar refractivity (Wildman–Crippen MR) is 139 cm³/mol. The smallest absolute Gasteiger partial charge is 0.338 e. The van der Waals surface area contributed by atoms with Crippen molar-refractivity contribution in [3.05, 3.63) is 75.4 Å². The van der Waals surface area contributed by atoms with Crippen molar-refractivity contribution in [2.45, 2.75) is 19.9 Å². The van der Waals surface area contributed by atoms with Gasteiger partial charge in [0.05, 0.1) is 31.0 Å². The minimum absolute atomic E-state index is 0.190. The minimum atomic E-state index is -0.434. The number of hydrogen-bond donors (Lipinski definition) is 1. The van der Waals surface area contributed by atoms with E-state index in [1.54, 1.807) is 38.1 Å². The van der Waals surface area contributed by atoms with Crippen LogP contribution in [-0.2, 0) is 14.3 Å². The Morgan fingerprint density at radius 3 is 2.66 bits per heavy atom. The lowest BCUT2D eigenvalue weighted by Gasteiger charge is -2.33. The first-order valence-corrected chi connectivity index (χ1v) is 12.5. The van der Waals surface area contributed by atoms with E-state index in [1.165, 1.54) is 18.9 Å². The Kier molecular flexibility index (Phi) is 7.82. The van der Waals surface area contributed by atoms with Crippen molar-refractivity contribution < 1.29 is 23.8 Å². The molecule has 0 saturated carbocycles. The number of hydrogen-bond acceptors (Lipinski definition) is 8. The van der Waals surface area contributed by atoms with Crippen LogP contribution in [-0.4, -0.2) is 42.3 Å². The predicted octanol–water partition coefficient (Wildman–Crippen LogP) is 5.24. The highest BCUT2D eigenvalue weighted by molar-refractivity contribution is 9.10. The summed E-state index contributed by atoms with van der Waals surface area (Å²) in [6, 6.07) is 12.2. The summed E-state index contributed by atoms with van der Waals surface area (Å²) in [6.07, 6.45) is 1.89. The van der Waals surface area contributed by atoms with Crippen molar-refractivity contribution in [1.29, 1.82) is 0 Å². The number of anilines is 1. The normalized spacial score (nSPS) is 16.5. The molecule has 35 heavy (non-hydrogen) atoms. The molecule has 2 aromatic carbocycles. The molecule has 1 atom stereocenters. The fraction of sp³-hybridized carbons (Fsp3) is 0.240. The van der Waals surface area contributed by atoms with Crippen LogP contribution in [0.2, 0.25) is 0 Å². The maximum atomic E-state index is 12.8. The quantitative estimate of drug-likeness (QED) is 0.443. The molecule has 0 aliphatic carbocycles. The average Bonchev–Trinajstić information content (AvgIpc) is 3.31. The van der Waals surface area contributed by atoms with Crippen LogP contribution in [0.25, 0.3) is 0 Å². The second kappa shape index (κ2) is 11.0. The summed E-state index contributed by atoms with van der Waals surface area (Å²) in [4.78, 5) is 31.7. The van der Waals surface area contributed by atoms with Crippen LogP contribution in [0, 0.1) is 0 Å². The maximum absolute atomic E-state index is 12.8. The topological polar surface area (TPSA) is 89.5 Å². The number of amidine groups is 1. The molecule has 2 aromatic rings. The molecule has 1 amide bonds. The summed E-state index contributed by atoms with van der Waals surface area (Å²) < 4.78 is 17.5. The molecule has 0 unspecified atom stereocenters. The molecule has 2 aliphatic heterocycles. The van der Waals surface area contributed by atoms with Crippen molar-refractivity contribution >= 4 is 50.4 Å². The van der Waals surface area contributed by atoms with Crippen molar-refractivity contribution in [2.75, 3.05) is 25.6 Å². The largest absolute Gasteiger partial charge is 0.493 e. The van der Waals surface area contributed by atoms with E-state index < -0.39 is 12.0 Å². The van der Waals surface area contributed by atoms with E-state index in [0.29, 0.717) is 28.5 Å². The number of halogens is 1. The van der Waals surface area contributed by atoms with Crippen LogP contribution in [0.15, 0.2) is 74.8 Å². The first-order valence-electron chi connectivity index (χ1n) is 10.9. The zero-order chi connectivity index (χ0) is 24.9. The number of rotatable bonds is 8. The Labute approximate surface area is 216 Å². The summed E-state index contributed by atoms with van der Waals surface area (Å²) in [6.45, 7) is 3.65. The van der Waals surface area contributed by atoms with Crippen molar-refractivity contribution in [3.8, 4) is 11.5 Å². The number of amides is 1. The average molecular weight is 558 g/mol. The van der Waals surface area contributed by atoms with E-state index in [0.717, 1.165) is 15.2 Å². The molecule has 4 rings (SSSR count). The Balaban J connectivity index is 1.55. The van der Waals surface area contributed by atoms with Gasteiger partial charge in [-0.1, -0.05) is 33.8 Å². The molecular formula is C25H24BrN3O5S. The first kappa shape index (κ1) is 24.9. The number of aliphatic imine (C=N–C) groups is 1. The molecule has 10 heteroatoms. The molecular weight excluding hydrogens is 534 g/mol. The number of carbonyl (C=O) groups excluding carboxylic acids is 2. The zero-order valence-electron chi connectivity index (χ0n) is 19.4. The van der Waals surface area contributed by atoms with E-state index in [4.69, 9.17) is 14.2 Å². The van der Waals surface area contributed by atoms with Crippen LogP contribution in [0.1, 0.15) is 25.5 Å². The van der Waals surface area contributed by atoms with Crippen LogP contribution in [0.5, 0.6) is 11.5 Å². The highest BCUT2D eigenvalue weighted by Crippen LogP contribution is 2.43. The minimum Gasteiger partial charge on any atom is -0.493 e. The van der Waals surface area contributed by atoms with E-state index >= 15 is 0 Å². The van der Waals surface area contributed by atoms with Gasteiger partial charge >= 0.3 is 5.97 Å². The van der Waals surface area contributed by atoms with Gasteiger partial charge in [0.15, 0.2) is 23.3 Å². The van der Waals surface area contributed by atoms with Gasteiger partial charge in [-0.05, 0) is 61.2 Å². The molecule has 2 aliphatic rings. The Hall–Kier alpha value is -3.24. The van der Waals surface area contributed by atoms with Crippen LogP contribution in [0.4, 0.5) is 5.69 Å². The van der Waals surface area contributed by atoms with Gasteiger partial charge in [0.25, 0.3) is 5.91 Å². The number of allylic oxidation sites excluding steroid dienone is 1. The molecule has 8 nitrogen and oxygen atoms in total. The van der Waals surface area contributed by atoms with Gasteiger partial charge in [0.2, 0.25) is 0 Å². The molecule has 0 radical (unpaired) electrons. The molecule has 0 aromatic heterocycles. The lowest BCUT2D eigenvalue weighted by molar-refractivity contribution is -0.139. The Morgan fingerprint density at radius 2 is 1.94 bits per heavy atom. The van der Waals surface area contributed by atoms with E-state index in [-0.39, 0.29) is 19.1 Å². The Bertz CT molecular complexity index is 1230. The fourth-order valence-electron chi connectivity index (χ4n) is 3.75. The first-order chi connectivity index (χ1) is 16.9. The third kappa shape index (κ3) is 5.54. The molecule has 2 heterocycles. The molecule has 0 fully saturated rings. The monoisotopic (exact) mass is 557 g/mol. The zero-order valence-corrected chi connectivity index (χ0v) is 21.8. The number of fused-ring (bicyclic) bond motifs is 1. The van der Waals surface area contributed by atoms with E-state index in [1.807, 2.05) is 34.7 Å². The lowest BCUT2D eigenvalue weighted by atomic mass is 9.94. The molecule has 0 spiro atoms. The fourth-order valence-corrected chi connectivity index (χ4v) is 4.80.